The van der Waals surface area contributed by atoms with Crippen LogP contribution in [0.15, 0.2) is 24.3 Å². The predicted molar refractivity (Wildman–Crippen MR) is 85.0 cm³/mol. The van der Waals surface area contributed by atoms with Crippen molar-refractivity contribution >= 4 is 17.5 Å². The minimum Gasteiger partial charge on any atom is -0.350 e. The van der Waals surface area contributed by atoms with Crippen molar-refractivity contribution in [1.29, 1.82) is 0 Å². The van der Waals surface area contributed by atoms with Crippen LogP contribution in [0.25, 0.3) is 0 Å². The minimum atomic E-state index is -0.255. The van der Waals surface area contributed by atoms with Crippen molar-refractivity contribution < 1.29 is 4.79 Å². The highest BCUT2D eigenvalue weighted by atomic mass is 35.5. The summed E-state index contributed by atoms with van der Waals surface area (Å²) in [6, 6.07) is 7.50. The fraction of sp³-hybridized carbons (Fsp3) is 0.562. The Morgan fingerprint density at radius 2 is 2.00 bits per heavy atom. The van der Waals surface area contributed by atoms with Gasteiger partial charge in [0.2, 0.25) is 5.91 Å². The fourth-order valence-electron chi connectivity index (χ4n) is 1.85. The maximum Gasteiger partial charge on any atom is 0.237 e. The molecule has 0 aliphatic carbocycles. The van der Waals surface area contributed by atoms with Gasteiger partial charge in [-0.3, -0.25) is 10.1 Å². The van der Waals surface area contributed by atoms with E-state index < -0.39 is 0 Å². The Morgan fingerprint density at radius 3 is 2.55 bits per heavy atom. The summed E-state index contributed by atoms with van der Waals surface area (Å²) in [7, 11) is 0. The Hall–Kier alpha value is -1.06. The van der Waals surface area contributed by atoms with Crippen LogP contribution >= 0.6 is 11.6 Å². The average molecular weight is 297 g/mol. The Labute approximate surface area is 127 Å². The van der Waals surface area contributed by atoms with Crippen LogP contribution in [0, 0.1) is 0 Å². The molecule has 112 valence electrons. The summed E-state index contributed by atoms with van der Waals surface area (Å²) in [6.07, 6.45) is 0.898. The maximum atomic E-state index is 12.2. The van der Waals surface area contributed by atoms with Crippen LogP contribution in [0.3, 0.4) is 0 Å². The van der Waals surface area contributed by atoms with Crippen molar-refractivity contribution in [2.75, 3.05) is 0 Å². The smallest absolute Gasteiger partial charge is 0.237 e. The zero-order valence-corrected chi connectivity index (χ0v) is 13.7. The average Bonchev–Trinajstić information content (AvgIpc) is 2.38. The number of carbonyl (C=O) groups is 1. The summed E-state index contributed by atoms with van der Waals surface area (Å²) in [6.45, 7) is 10.0. The van der Waals surface area contributed by atoms with E-state index in [1.807, 2.05) is 52.0 Å². The van der Waals surface area contributed by atoms with Crippen molar-refractivity contribution in [2.24, 2.45) is 0 Å². The van der Waals surface area contributed by atoms with Crippen LogP contribution in [0.1, 0.15) is 52.6 Å². The summed E-state index contributed by atoms with van der Waals surface area (Å²) in [5, 5.41) is 7.05. The third-order valence-corrected chi connectivity index (χ3v) is 3.82. The van der Waals surface area contributed by atoms with Crippen molar-refractivity contribution in [3.63, 3.8) is 0 Å². The highest BCUT2D eigenvalue weighted by Crippen LogP contribution is 2.18. The molecule has 0 radical (unpaired) electrons. The molecule has 3 nitrogen and oxygen atoms in total. The van der Waals surface area contributed by atoms with Gasteiger partial charge in [0, 0.05) is 16.6 Å². The van der Waals surface area contributed by atoms with E-state index in [0.29, 0.717) is 5.02 Å². The zero-order chi connectivity index (χ0) is 15.3. The molecular formula is C16H25ClN2O. The molecule has 0 bridgehead atoms. The first kappa shape index (κ1) is 17.0. The van der Waals surface area contributed by atoms with E-state index in [1.54, 1.807) is 0 Å². The van der Waals surface area contributed by atoms with Gasteiger partial charge in [-0.05, 0) is 51.8 Å². The Balaban J connectivity index is 2.61. The number of benzene rings is 1. The first-order valence-electron chi connectivity index (χ1n) is 7.08. The molecule has 1 rings (SSSR count). The molecule has 0 saturated carbocycles. The molecule has 0 spiro atoms. The number of hydrogen-bond acceptors (Lipinski definition) is 2. The molecule has 20 heavy (non-hydrogen) atoms. The normalized spacial score (nSPS) is 14.7. The third kappa shape index (κ3) is 5.14. The number of amides is 1. The molecule has 1 aromatic rings. The lowest BCUT2D eigenvalue weighted by Gasteiger charge is -2.28. The second-order valence-electron chi connectivity index (χ2n) is 5.89. The molecule has 0 aliphatic heterocycles. The van der Waals surface area contributed by atoms with Gasteiger partial charge < -0.3 is 5.32 Å². The van der Waals surface area contributed by atoms with E-state index in [9.17, 15) is 4.79 Å². The number of rotatable bonds is 6. The van der Waals surface area contributed by atoms with E-state index in [-0.39, 0.29) is 23.5 Å². The summed E-state index contributed by atoms with van der Waals surface area (Å²) in [5.74, 6) is 0.0192. The predicted octanol–water partition coefficient (Wildman–Crippen LogP) is 3.68. The second kappa shape index (κ2) is 7.09. The molecule has 0 saturated heterocycles. The molecule has 2 N–H and O–H groups in total. The van der Waals surface area contributed by atoms with Gasteiger partial charge in [-0.25, -0.2) is 0 Å². The van der Waals surface area contributed by atoms with Crippen LogP contribution in [-0.2, 0) is 4.79 Å². The minimum absolute atomic E-state index is 0.0192. The molecule has 0 aromatic heterocycles. The Kier molecular flexibility index (Phi) is 6.03. The third-order valence-electron chi connectivity index (χ3n) is 3.59. The lowest BCUT2D eigenvalue weighted by atomic mass is 10.0. The van der Waals surface area contributed by atoms with Crippen LogP contribution < -0.4 is 10.6 Å². The lowest BCUT2D eigenvalue weighted by Crippen LogP contribution is -2.51. The first-order chi connectivity index (χ1) is 9.25. The molecule has 0 fully saturated rings. The first-order valence-corrected chi connectivity index (χ1v) is 7.46. The summed E-state index contributed by atoms with van der Waals surface area (Å²) in [4.78, 5) is 12.2. The van der Waals surface area contributed by atoms with Gasteiger partial charge >= 0.3 is 0 Å². The van der Waals surface area contributed by atoms with E-state index in [1.165, 1.54) is 0 Å². The quantitative estimate of drug-likeness (QED) is 0.841. The highest BCUT2D eigenvalue weighted by molar-refractivity contribution is 6.30. The molecule has 1 unspecified atom stereocenters. The summed E-state index contributed by atoms with van der Waals surface area (Å²) < 4.78 is 0. The van der Waals surface area contributed by atoms with Crippen molar-refractivity contribution in [1.82, 2.24) is 10.6 Å². The lowest BCUT2D eigenvalue weighted by molar-refractivity contribution is -0.124. The van der Waals surface area contributed by atoms with Gasteiger partial charge in [0.25, 0.3) is 0 Å². The van der Waals surface area contributed by atoms with Gasteiger partial charge in [0.1, 0.15) is 0 Å². The number of carbonyl (C=O) groups excluding carboxylic acids is 1. The van der Waals surface area contributed by atoms with Crippen molar-refractivity contribution in [3.8, 4) is 0 Å². The summed E-state index contributed by atoms with van der Waals surface area (Å²) in [5.41, 5.74) is 0.902. The van der Waals surface area contributed by atoms with E-state index in [4.69, 9.17) is 11.6 Å². The fourth-order valence-corrected chi connectivity index (χ4v) is 2.05. The van der Waals surface area contributed by atoms with Gasteiger partial charge in [0.05, 0.1) is 6.04 Å². The SMILES string of the molecule is CCC(C)(C)NC(=O)C(C)N[C@H](C)c1cccc(Cl)c1. The number of nitrogens with one attached hydrogen (secondary N) is 2. The van der Waals surface area contributed by atoms with Crippen LogP contribution in [0.5, 0.6) is 0 Å². The zero-order valence-electron chi connectivity index (χ0n) is 13.0. The Bertz CT molecular complexity index is 460. The van der Waals surface area contributed by atoms with E-state index in [2.05, 4.69) is 17.6 Å². The number of hydrogen-bond donors (Lipinski definition) is 2. The molecule has 0 aliphatic rings. The monoisotopic (exact) mass is 296 g/mol. The molecule has 1 amide bonds. The molecule has 4 heteroatoms. The number of halogens is 1. The van der Waals surface area contributed by atoms with Crippen molar-refractivity contribution in [3.05, 3.63) is 34.9 Å². The molecule has 1 aromatic carbocycles. The van der Waals surface area contributed by atoms with Gasteiger partial charge in [-0.1, -0.05) is 30.7 Å². The van der Waals surface area contributed by atoms with Crippen LogP contribution in [0.4, 0.5) is 0 Å². The maximum absolute atomic E-state index is 12.2. The molecule has 2 atom stereocenters. The highest BCUT2D eigenvalue weighted by Gasteiger charge is 2.22. The largest absolute Gasteiger partial charge is 0.350 e. The topological polar surface area (TPSA) is 41.1 Å². The van der Waals surface area contributed by atoms with Crippen molar-refractivity contribution in [2.45, 2.75) is 58.7 Å². The van der Waals surface area contributed by atoms with E-state index in [0.717, 1.165) is 12.0 Å². The second-order valence-corrected chi connectivity index (χ2v) is 6.33. The summed E-state index contributed by atoms with van der Waals surface area (Å²) >= 11 is 5.99. The molecular weight excluding hydrogens is 272 g/mol. The molecule has 0 heterocycles. The van der Waals surface area contributed by atoms with Gasteiger partial charge in [-0.2, -0.15) is 0 Å². The van der Waals surface area contributed by atoms with Gasteiger partial charge in [0.15, 0.2) is 0 Å². The van der Waals surface area contributed by atoms with Gasteiger partial charge in [-0.15, -0.1) is 0 Å². The van der Waals surface area contributed by atoms with E-state index >= 15 is 0 Å². The standard InChI is InChI=1S/C16H25ClN2O/c1-6-16(4,5)19-15(20)12(3)18-11(2)13-8-7-9-14(17)10-13/h7-12,18H,6H2,1-5H3,(H,19,20)/t11-,12?/m1/s1. The van der Waals surface area contributed by atoms with Crippen LogP contribution in [-0.4, -0.2) is 17.5 Å². The van der Waals surface area contributed by atoms with Crippen LogP contribution in [0.2, 0.25) is 5.02 Å². The Morgan fingerprint density at radius 1 is 1.35 bits per heavy atom.